The zero-order valence-corrected chi connectivity index (χ0v) is 11.9. The van der Waals surface area contributed by atoms with Gasteiger partial charge in [-0.25, -0.2) is 0 Å². The fourth-order valence-corrected chi connectivity index (χ4v) is 2.13. The van der Waals surface area contributed by atoms with E-state index in [0.29, 0.717) is 25.8 Å². The van der Waals surface area contributed by atoms with Crippen molar-refractivity contribution in [2.45, 2.75) is 51.3 Å². The highest BCUT2D eigenvalue weighted by molar-refractivity contribution is 5.80. The molecular weight excluding hydrogens is 271 g/mol. The number of rotatable bonds is 5. The average Bonchev–Trinajstić information content (AvgIpc) is 2.37. The Labute approximate surface area is 118 Å². The highest BCUT2D eigenvalue weighted by Gasteiger charge is 2.25. The summed E-state index contributed by atoms with van der Waals surface area (Å²) in [5.41, 5.74) is 0. The first kappa shape index (κ1) is 17.1. The van der Waals surface area contributed by atoms with Crippen molar-refractivity contribution in [3.63, 3.8) is 0 Å². The number of aliphatic imine (C=N–C) groups is 1. The number of alkyl halides is 3. The summed E-state index contributed by atoms with van der Waals surface area (Å²) in [4.78, 5) is 6.42. The molecule has 1 aliphatic heterocycles. The summed E-state index contributed by atoms with van der Waals surface area (Å²) in [7, 11) is 0. The van der Waals surface area contributed by atoms with Crippen molar-refractivity contribution < 1.29 is 18.3 Å². The summed E-state index contributed by atoms with van der Waals surface area (Å²) in [6, 6.07) is 0. The molecule has 20 heavy (non-hydrogen) atoms. The Morgan fingerprint density at radius 3 is 2.50 bits per heavy atom. The SMILES string of the molecule is CCNC(=NCCCCC(F)(F)F)N1CCC(O)CC1. The number of unbranched alkanes of at least 4 members (excludes halogenated alkanes) is 1. The first-order valence-corrected chi connectivity index (χ1v) is 7.20. The Hall–Kier alpha value is -0.980. The zero-order valence-electron chi connectivity index (χ0n) is 11.9. The lowest BCUT2D eigenvalue weighted by atomic mass is 10.1. The van der Waals surface area contributed by atoms with Crippen LogP contribution in [0, 0.1) is 0 Å². The fourth-order valence-electron chi connectivity index (χ4n) is 2.13. The fraction of sp³-hybridized carbons (Fsp3) is 0.923. The lowest BCUT2D eigenvalue weighted by molar-refractivity contribution is -0.135. The molecule has 1 heterocycles. The number of hydrogen-bond donors (Lipinski definition) is 2. The second-order valence-electron chi connectivity index (χ2n) is 5.03. The average molecular weight is 295 g/mol. The Balaban J connectivity index is 2.35. The van der Waals surface area contributed by atoms with Gasteiger partial charge in [0, 0.05) is 32.6 Å². The van der Waals surface area contributed by atoms with Crippen LogP contribution in [-0.4, -0.2) is 54.4 Å². The third kappa shape index (κ3) is 6.98. The van der Waals surface area contributed by atoms with Gasteiger partial charge in [0.15, 0.2) is 5.96 Å². The van der Waals surface area contributed by atoms with Crippen LogP contribution in [0.4, 0.5) is 13.2 Å². The van der Waals surface area contributed by atoms with E-state index in [1.54, 1.807) is 0 Å². The van der Waals surface area contributed by atoms with E-state index >= 15 is 0 Å². The van der Waals surface area contributed by atoms with Crippen molar-refractivity contribution in [1.29, 1.82) is 0 Å². The molecule has 2 N–H and O–H groups in total. The monoisotopic (exact) mass is 295 g/mol. The van der Waals surface area contributed by atoms with Crippen LogP contribution in [0.1, 0.15) is 39.0 Å². The predicted octanol–water partition coefficient (Wildman–Crippen LogP) is 2.14. The van der Waals surface area contributed by atoms with Crippen LogP contribution in [0.5, 0.6) is 0 Å². The molecule has 1 rings (SSSR count). The Bertz CT molecular complexity index is 300. The molecule has 0 saturated carbocycles. The minimum atomic E-state index is -4.07. The normalized spacial score (nSPS) is 18.4. The standard InChI is InChI=1S/C13H24F3N3O/c1-2-17-12(19-9-5-11(20)6-10-19)18-8-4-3-7-13(14,15)16/h11,20H,2-10H2,1H3,(H,17,18). The van der Waals surface area contributed by atoms with E-state index in [1.165, 1.54) is 0 Å². The molecular formula is C13H24F3N3O. The number of halogens is 3. The molecule has 0 aromatic carbocycles. The van der Waals surface area contributed by atoms with Crippen molar-refractivity contribution in [2.75, 3.05) is 26.2 Å². The van der Waals surface area contributed by atoms with Crippen molar-refractivity contribution in [1.82, 2.24) is 10.2 Å². The maximum absolute atomic E-state index is 12.0. The van der Waals surface area contributed by atoms with Crippen LogP contribution in [0.15, 0.2) is 4.99 Å². The van der Waals surface area contributed by atoms with Crippen molar-refractivity contribution >= 4 is 5.96 Å². The first-order valence-electron chi connectivity index (χ1n) is 7.20. The largest absolute Gasteiger partial charge is 0.393 e. The van der Waals surface area contributed by atoms with Crippen LogP contribution < -0.4 is 5.32 Å². The molecule has 1 fully saturated rings. The maximum Gasteiger partial charge on any atom is 0.389 e. The number of aliphatic hydroxyl groups excluding tert-OH is 1. The summed E-state index contributed by atoms with van der Waals surface area (Å²) < 4.78 is 36.0. The molecule has 0 radical (unpaired) electrons. The van der Waals surface area contributed by atoms with Crippen LogP contribution in [-0.2, 0) is 0 Å². The number of nitrogens with zero attached hydrogens (tertiary/aromatic N) is 2. The predicted molar refractivity (Wildman–Crippen MR) is 72.7 cm³/mol. The minimum Gasteiger partial charge on any atom is -0.393 e. The summed E-state index contributed by atoms with van der Waals surface area (Å²) in [5, 5.41) is 12.6. The number of piperidine rings is 1. The lowest BCUT2D eigenvalue weighted by Gasteiger charge is -2.32. The van der Waals surface area contributed by atoms with Gasteiger partial charge in [0.2, 0.25) is 0 Å². The van der Waals surface area contributed by atoms with Gasteiger partial charge in [-0.05, 0) is 32.6 Å². The van der Waals surface area contributed by atoms with E-state index in [2.05, 4.69) is 15.2 Å². The smallest absolute Gasteiger partial charge is 0.389 e. The first-order chi connectivity index (χ1) is 9.42. The van der Waals surface area contributed by atoms with Gasteiger partial charge >= 0.3 is 6.18 Å². The number of guanidine groups is 1. The van der Waals surface area contributed by atoms with Gasteiger partial charge in [-0.1, -0.05) is 0 Å². The van der Waals surface area contributed by atoms with E-state index < -0.39 is 12.6 Å². The van der Waals surface area contributed by atoms with E-state index in [4.69, 9.17) is 0 Å². The van der Waals surface area contributed by atoms with Gasteiger partial charge in [-0.15, -0.1) is 0 Å². The molecule has 0 atom stereocenters. The number of nitrogens with one attached hydrogen (secondary N) is 1. The molecule has 1 aliphatic rings. The van der Waals surface area contributed by atoms with Crippen LogP contribution in [0.25, 0.3) is 0 Å². The second-order valence-corrected chi connectivity index (χ2v) is 5.03. The number of likely N-dealkylation sites (tertiary alicyclic amines) is 1. The van der Waals surface area contributed by atoms with Gasteiger partial charge in [-0.3, -0.25) is 4.99 Å². The summed E-state index contributed by atoms with van der Waals surface area (Å²) in [6.07, 6.45) is -3.10. The Morgan fingerprint density at radius 1 is 1.30 bits per heavy atom. The molecule has 0 bridgehead atoms. The molecule has 7 heteroatoms. The van der Waals surface area contributed by atoms with Crippen LogP contribution in [0.2, 0.25) is 0 Å². The third-order valence-electron chi connectivity index (χ3n) is 3.23. The minimum absolute atomic E-state index is 0.116. The topological polar surface area (TPSA) is 47.9 Å². The molecule has 0 spiro atoms. The van der Waals surface area contributed by atoms with E-state index in [0.717, 1.165) is 25.6 Å². The Kier molecular flexibility index (Phi) is 7.12. The van der Waals surface area contributed by atoms with Gasteiger partial charge in [0.1, 0.15) is 0 Å². The Morgan fingerprint density at radius 2 is 1.95 bits per heavy atom. The second kappa shape index (κ2) is 8.34. The maximum atomic E-state index is 12.0. The van der Waals surface area contributed by atoms with Gasteiger partial charge < -0.3 is 15.3 Å². The molecule has 4 nitrogen and oxygen atoms in total. The zero-order chi connectivity index (χ0) is 15.0. The van der Waals surface area contributed by atoms with Crippen molar-refractivity contribution in [3.05, 3.63) is 0 Å². The highest BCUT2D eigenvalue weighted by Crippen LogP contribution is 2.22. The quantitative estimate of drug-likeness (QED) is 0.464. The molecule has 118 valence electrons. The molecule has 0 aromatic rings. The third-order valence-corrected chi connectivity index (χ3v) is 3.23. The highest BCUT2D eigenvalue weighted by atomic mass is 19.4. The molecule has 0 unspecified atom stereocenters. The summed E-state index contributed by atoms with van der Waals surface area (Å²) >= 11 is 0. The summed E-state index contributed by atoms with van der Waals surface area (Å²) in [6.45, 7) is 4.54. The van der Waals surface area contributed by atoms with Gasteiger partial charge in [0.05, 0.1) is 6.10 Å². The van der Waals surface area contributed by atoms with E-state index in [9.17, 15) is 18.3 Å². The number of aliphatic hydroxyl groups is 1. The van der Waals surface area contributed by atoms with Crippen LogP contribution in [0.3, 0.4) is 0 Å². The van der Waals surface area contributed by atoms with Crippen LogP contribution >= 0.6 is 0 Å². The molecule has 0 aromatic heterocycles. The van der Waals surface area contributed by atoms with E-state index in [-0.39, 0.29) is 12.5 Å². The molecule has 0 amide bonds. The van der Waals surface area contributed by atoms with E-state index in [1.807, 2.05) is 6.92 Å². The van der Waals surface area contributed by atoms with Gasteiger partial charge in [0.25, 0.3) is 0 Å². The molecule has 0 aliphatic carbocycles. The summed E-state index contributed by atoms with van der Waals surface area (Å²) in [5.74, 6) is 0.742. The lowest BCUT2D eigenvalue weighted by Crippen LogP contribution is -2.46. The number of hydrogen-bond acceptors (Lipinski definition) is 2. The van der Waals surface area contributed by atoms with Crippen molar-refractivity contribution in [2.24, 2.45) is 4.99 Å². The molecule has 1 saturated heterocycles. The van der Waals surface area contributed by atoms with Gasteiger partial charge in [-0.2, -0.15) is 13.2 Å². The van der Waals surface area contributed by atoms with Crippen molar-refractivity contribution in [3.8, 4) is 0 Å².